The van der Waals surface area contributed by atoms with Crippen molar-refractivity contribution in [1.29, 1.82) is 0 Å². The molecular formula is C16H15Cl2NO2. The molecule has 1 aliphatic rings. The number of rotatable bonds is 4. The average Bonchev–Trinajstić information content (AvgIpc) is 2.95. The Morgan fingerprint density at radius 1 is 1.00 bits per heavy atom. The Balaban J connectivity index is 1.99. The molecule has 1 aliphatic heterocycles. The van der Waals surface area contributed by atoms with Gasteiger partial charge in [0.15, 0.2) is 11.5 Å². The summed E-state index contributed by atoms with van der Waals surface area (Å²) in [6.07, 6.45) is 0. The molecule has 2 aromatic carbocycles. The Kier molecular flexibility index (Phi) is 4.24. The van der Waals surface area contributed by atoms with Crippen LogP contribution in [0.25, 0.3) is 0 Å². The Bertz CT molecular complexity index is 661. The Morgan fingerprint density at radius 2 is 1.71 bits per heavy atom. The van der Waals surface area contributed by atoms with Gasteiger partial charge < -0.3 is 14.8 Å². The maximum absolute atomic E-state index is 6.13. The van der Waals surface area contributed by atoms with Gasteiger partial charge in [0.1, 0.15) is 0 Å². The van der Waals surface area contributed by atoms with E-state index in [1.54, 1.807) is 0 Å². The van der Waals surface area contributed by atoms with E-state index in [1.807, 2.05) is 36.4 Å². The molecule has 1 heterocycles. The zero-order chi connectivity index (χ0) is 14.8. The summed E-state index contributed by atoms with van der Waals surface area (Å²) in [7, 11) is 0. The van der Waals surface area contributed by atoms with E-state index in [4.69, 9.17) is 32.7 Å². The van der Waals surface area contributed by atoms with Crippen molar-refractivity contribution in [3.63, 3.8) is 0 Å². The van der Waals surface area contributed by atoms with E-state index in [-0.39, 0.29) is 12.8 Å². The van der Waals surface area contributed by atoms with Crippen LogP contribution < -0.4 is 14.8 Å². The Hall–Kier alpha value is -1.42. The summed E-state index contributed by atoms with van der Waals surface area (Å²) in [5.41, 5.74) is 2.16. The maximum Gasteiger partial charge on any atom is 0.231 e. The van der Waals surface area contributed by atoms with E-state index >= 15 is 0 Å². The van der Waals surface area contributed by atoms with Gasteiger partial charge in [0.2, 0.25) is 6.79 Å². The van der Waals surface area contributed by atoms with Crippen LogP contribution in [0.15, 0.2) is 36.4 Å². The van der Waals surface area contributed by atoms with Crippen molar-refractivity contribution in [2.45, 2.75) is 13.0 Å². The molecule has 3 nitrogen and oxygen atoms in total. The molecule has 1 N–H and O–H groups in total. The molecule has 5 heteroatoms. The van der Waals surface area contributed by atoms with Crippen molar-refractivity contribution in [1.82, 2.24) is 5.32 Å². The van der Waals surface area contributed by atoms with Gasteiger partial charge in [-0.1, -0.05) is 42.3 Å². The third-order valence-electron chi connectivity index (χ3n) is 3.42. The predicted octanol–water partition coefficient (Wildman–Crippen LogP) is 4.42. The molecule has 0 aromatic heterocycles. The number of nitrogens with one attached hydrogen (secondary N) is 1. The zero-order valence-electron chi connectivity index (χ0n) is 11.5. The second-order valence-corrected chi connectivity index (χ2v) is 5.59. The molecule has 0 saturated carbocycles. The smallest absolute Gasteiger partial charge is 0.231 e. The first-order chi connectivity index (χ1) is 10.2. The number of hydrogen-bond donors (Lipinski definition) is 1. The molecular weight excluding hydrogens is 309 g/mol. The fraction of sp³-hybridized carbons (Fsp3) is 0.250. The van der Waals surface area contributed by atoms with Crippen LogP contribution in [-0.4, -0.2) is 13.3 Å². The third kappa shape index (κ3) is 2.95. The lowest BCUT2D eigenvalue weighted by Gasteiger charge is -2.20. The zero-order valence-corrected chi connectivity index (χ0v) is 13.0. The molecule has 0 amide bonds. The van der Waals surface area contributed by atoms with Gasteiger partial charge in [0.05, 0.1) is 16.1 Å². The van der Waals surface area contributed by atoms with E-state index in [9.17, 15) is 0 Å². The van der Waals surface area contributed by atoms with Gasteiger partial charge in [-0.25, -0.2) is 0 Å². The molecule has 0 saturated heterocycles. The largest absolute Gasteiger partial charge is 0.454 e. The van der Waals surface area contributed by atoms with Gasteiger partial charge in [0, 0.05) is 0 Å². The van der Waals surface area contributed by atoms with E-state index in [0.29, 0.717) is 10.0 Å². The lowest BCUT2D eigenvalue weighted by Crippen LogP contribution is -2.21. The molecule has 2 aromatic rings. The third-order valence-corrected chi connectivity index (χ3v) is 4.15. The van der Waals surface area contributed by atoms with E-state index < -0.39 is 0 Å². The summed E-state index contributed by atoms with van der Waals surface area (Å²) in [6, 6.07) is 11.7. The Morgan fingerprint density at radius 3 is 2.48 bits per heavy atom. The first-order valence-corrected chi connectivity index (χ1v) is 7.52. The fourth-order valence-electron chi connectivity index (χ4n) is 2.42. The van der Waals surface area contributed by atoms with Gasteiger partial charge in [-0.3, -0.25) is 0 Å². The van der Waals surface area contributed by atoms with Crippen molar-refractivity contribution >= 4 is 23.2 Å². The van der Waals surface area contributed by atoms with Gasteiger partial charge in [-0.15, -0.1) is 0 Å². The summed E-state index contributed by atoms with van der Waals surface area (Å²) >= 11 is 12.1. The van der Waals surface area contributed by atoms with E-state index in [1.165, 1.54) is 0 Å². The van der Waals surface area contributed by atoms with Gasteiger partial charge in [-0.05, 0) is 41.9 Å². The number of fused-ring (bicyclic) bond motifs is 1. The van der Waals surface area contributed by atoms with Crippen LogP contribution >= 0.6 is 23.2 Å². The van der Waals surface area contributed by atoms with Crippen molar-refractivity contribution in [3.8, 4) is 11.5 Å². The van der Waals surface area contributed by atoms with Crippen LogP contribution in [0.5, 0.6) is 11.5 Å². The van der Waals surface area contributed by atoms with Gasteiger partial charge >= 0.3 is 0 Å². The quantitative estimate of drug-likeness (QED) is 0.903. The minimum absolute atomic E-state index is 0.0271. The van der Waals surface area contributed by atoms with Crippen LogP contribution in [0.2, 0.25) is 10.0 Å². The highest BCUT2D eigenvalue weighted by Gasteiger charge is 2.19. The van der Waals surface area contributed by atoms with Gasteiger partial charge in [0.25, 0.3) is 0 Å². The van der Waals surface area contributed by atoms with Crippen molar-refractivity contribution in [3.05, 3.63) is 57.6 Å². The number of ether oxygens (including phenoxy) is 2. The van der Waals surface area contributed by atoms with Gasteiger partial charge in [-0.2, -0.15) is 0 Å². The fourth-order valence-corrected chi connectivity index (χ4v) is 2.72. The van der Waals surface area contributed by atoms with Crippen LogP contribution in [0.1, 0.15) is 24.1 Å². The summed E-state index contributed by atoms with van der Waals surface area (Å²) in [4.78, 5) is 0. The lowest BCUT2D eigenvalue weighted by atomic mass is 9.98. The summed E-state index contributed by atoms with van der Waals surface area (Å²) in [5.74, 6) is 1.55. The van der Waals surface area contributed by atoms with Crippen molar-refractivity contribution in [2.75, 3.05) is 13.3 Å². The second kappa shape index (κ2) is 6.14. The second-order valence-electron chi connectivity index (χ2n) is 4.78. The standard InChI is InChI=1S/C16H15Cl2NO2/c1-2-19-16(10-3-5-12(17)13(18)7-10)11-4-6-14-15(8-11)21-9-20-14/h3-8,16,19H,2,9H2,1H3. The summed E-state index contributed by atoms with van der Waals surface area (Å²) < 4.78 is 10.8. The molecule has 0 bridgehead atoms. The predicted molar refractivity (Wildman–Crippen MR) is 84.5 cm³/mol. The molecule has 3 rings (SSSR count). The average molecular weight is 324 g/mol. The maximum atomic E-state index is 6.13. The highest BCUT2D eigenvalue weighted by Crippen LogP contribution is 2.36. The minimum Gasteiger partial charge on any atom is -0.454 e. The normalized spacial score (nSPS) is 14.2. The summed E-state index contributed by atoms with van der Waals surface area (Å²) in [5, 5.41) is 4.57. The topological polar surface area (TPSA) is 30.5 Å². The van der Waals surface area contributed by atoms with Crippen molar-refractivity contribution in [2.24, 2.45) is 0 Å². The first-order valence-electron chi connectivity index (χ1n) is 6.77. The molecule has 1 unspecified atom stereocenters. The molecule has 21 heavy (non-hydrogen) atoms. The van der Waals surface area contributed by atoms with E-state index in [0.717, 1.165) is 29.2 Å². The van der Waals surface area contributed by atoms with Crippen LogP contribution in [0.3, 0.4) is 0 Å². The molecule has 0 spiro atoms. The molecule has 110 valence electrons. The van der Waals surface area contributed by atoms with E-state index in [2.05, 4.69) is 12.2 Å². The van der Waals surface area contributed by atoms with Crippen LogP contribution in [0, 0.1) is 0 Å². The van der Waals surface area contributed by atoms with Crippen molar-refractivity contribution < 1.29 is 9.47 Å². The summed E-state index contributed by atoms with van der Waals surface area (Å²) in [6.45, 7) is 3.17. The monoisotopic (exact) mass is 323 g/mol. The molecule has 0 radical (unpaired) electrons. The SMILES string of the molecule is CCNC(c1ccc(Cl)c(Cl)c1)c1ccc2c(c1)OCO2. The molecule has 0 fully saturated rings. The Labute approximate surface area is 133 Å². The number of halogens is 2. The molecule has 1 atom stereocenters. The molecule has 0 aliphatic carbocycles. The minimum atomic E-state index is 0.0271. The highest BCUT2D eigenvalue weighted by molar-refractivity contribution is 6.42. The van der Waals surface area contributed by atoms with Crippen LogP contribution in [-0.2, 0) is 0 Å². The highest BCUT2D eigenvalue weighted by atomic mass is 35.5. The number of hydrogen-bond acceptors (Lipinski definition) is 3. The lowest BCUT2D eigenvalue weighted by molar-refractivity contribution is 0.174. The first kappa shape index (κ1) is 14.5. The number of benzene rings is 2. The van der Waals surface area contributed by atoms with Crippen LogP contribution in [0.4, 0.5) is 0 Å².